The van der Waals surface area contributed by atoms with Gasteiger partial charge in [0.1, 0.15) is 12.1 Å². The number of hydrogen-bond acceptors (Lipinski definition) is 4. The van der Waals surface area contributed by atoms with Gasteiger partial charge >= 0.3 is 0 Å². The number of aryl methyl sites for hydroxylation is 1. The Kier molecular flexibility index (Phi) is 3.46. The van der Waals surface area contributed by atoms with E-state index in [1.165, 1.54) is 42.4 Å². The van der Waals surface area contributed by atoms with Crippen molar-refractivity contribution in [3.05, 3.63) is 17.3 Å². The first kappa shape index (κ1) is 11.9. The average molecular weight is 261 g/mol. The predicted molar refractivity (Wildman–Crippen MR) is 77.2 cm³/mol. The van der Waals surface area contributed by atoms with E-state index in [2.05, 4.69) is 27.6 Å². The molecule has 0 unspecified atom stereocenters. The van der Waals surface area contributed by atoms with Gasteiger partial charge in [-0.25, -0.2) is 9.97 Å². The van der Waals surface area contributed by atoms with Gasteiger partial charge in [0, 0.05) is 6.54 Å². The molecule has 0 atom stereocenters. The summed E-state index contributed by atoms with van der Waals surface area (Å²) in [6.07, 6.45) is 8.60. The smallest absolute Gasteiger partial charge is 0.147 e. The van der Waals surface area contributed by atoms with Crippen molar-refractivity contribution < 1.29 is 0 Å². The van der Waals surface area contributed by atoms with Gasteiger partial charge in [-0.05, 0) is 36.6 Å². The summed E-state index contributed by atoms with van der Waals surface area (Å²) >= 11 is 1.74. The minimum absolute atomic E-state index is 0.824. The number of thiophene rings is 1. The fourth-order valence-corrected chi connectivity index (χ4v) is 3.70. The van der Waals surface area contributed by atoms with Gasteiger partial charge < -0.3 is 5.32 Å². The van der Waals surface area contributed by atoms with E-state index in [1.54, 1.807) is 17.7 Å². The van der Waals surface area contributed by atoms with Gasteiger partial charge in [0.2, 0.25) is 0 Å². The zero-order valence-electron chi connectivity index (χ0n) is 10.8. The topological polar surface area (TPSA) is 37.8 Å². The summed E-state index contributed by atoms with van der Waals surface area (Å²) < 4.78 is 1.20. The molecule has 2 heterocycles. The first-order valence-electron chi connectivity index (χ1n) is 6.77. The van der Waals surface area contributed by atoms with E-state index in [-0.39, 0.29) is 0 Å². The second-order valence-electron chi connectivity index (χ2n) is 5.20. The lowest BCUT2D eigenvalue weighted by Gasteiger charge is -2.22. The van der Waals surface area contributed by atoms with Crippen molar-refractivity contribution in [3.63, 3.8) is 0 Å². The third-order valence-corrected chi connectivity index (χ3v) is 4.91. The van der Waals surface area contributed by atoms with Crippen LogP contribution in [0.15, 0.2) is 11.7 Å². The molecule has 0 bridgehead atoms. The Hall–Kier alpha value is -1.16. The maximum Gasteiger partial charge on any atom is 0.147 e. The van der Waals surface area contributed by atoms with Crippen LogP contribution in [0.4, 0.5) is 5.82 Å². The molecule has 3 rings (SSSR count). The number of rotatable bonds is 3. The zero-order chi connectivity index (χ0) is 12.4. The van der Waals surface area contributed by atoms with Gasteiger partial charge in [-0.1, -0.05) is 19.3 Å². The van der Waals surface area contributed by atoms with Crippen LogP contribution in [0.2, 0.25) is 0 Å². The summed E-state index contributed by atoms with van der Waals surface area (Å²) in [7, 11) is 0. The Balaban J connectivity index is 1.74. The van der Waals surface area contributed by atoms with Crippen molar-refractivity contribution in [2.75, 3.05) is 11.9 Å². The summed E-state index contributed by atoms with van der Waals surface area (Å²) in [5.41, 5.74) is 2.35. The van der Waals surface area contributed by atoms with Crippen LogP contribution >= 0.6 is 11.3 Å². The summed E-state index contributed by atoms with van der Waals surface area (Å²) in [6, 6.07) is 0. The standard InChI is InChI=1S/C14H19N3S/c1-10-8-18-13-12(10)16-9-17-14(13)15-7-11-5-3-2-4-6-11/h8-9,11H,2-7H2,1H3,(H,15,16,17). The van der Waals surface area contributed by atoms with Gasteiger partial charge in [-0.15, -0.1) is 11.3 Å². The Labute approximate surface area is 112 Å². The van der Waals surface area contributed by atoms with Crippen molar-refractivity contribution >= 4 is 27.4 Å². The third-order valence-electron chi connectivity index (χ3n) is 3.81. The van der Waals surface area contributed by atoms with Crippen LogP contribution in [0.5, 0.6) is 0 Å². The van der Waals surface area contributed by atoms with Crippen LogP contribution in [0.25, 0.3) is 10.2 Å². The molecule has 0 aromatic carbocycles. The maximum atomic E-state index is 4.39. The summed E-state index contributed by atoms with van der Waals surface area (Å²) in [5, 5.41) is 5.69. The monoisotopic (exact) mass is 261 g/mol. The average Bonchev–Trinajstić information content (AvgIpc) is 2.80. The minimum atomic E-state index is 0.824. The molecule has 1 fully saturated rings. The van der Waals surface area contributed by atoms with Crippen LogP contribution in [-0.2, 0) is 0 Å². The van der Waals surface area contributed by atoms with E-state index in [4.69, 9.17) is 0 Å². The molecule has 2 aromatic rings. The Bertz CT molecular complexity index is 529. The van der Waals surface area contributed by atoms with Crippen molar-refractivity contribution in [1.82, 2.24) is 9.97 Å². The molecule has 4 heteroatoms. The molecule has 2 aromatic heterocycles. The minimum Gasteiger partial charge on any atom is -0.369 e. The molecule has 0 radical (unpaired) electrons. The maximum absolute atomic E-state index is 4.39. The number of hydrogen-bond donors (Lipinski definition) is 1. The van der Waals surface area contributed by atoms with Crippen molar-refractivity contribution in [2.24, 2.45) is 5.92 Å². The Morgan fingerprint density at radius 2 is 2.11 bits per heavy atom. The zero-order valence-corrected chi connectivity index (χ0v) is 11.6. The number of aromatic nitrogens is 2. The SMILES string of the molecule is Cc1csc2c(NCC3CCCCC3)ncnc12. The van der Waals surface area contributed by atoms with Crippen LogP contribution < -0.4 is 5.32 Å². The second kappa shape index (κ2) is 5.22. The van der Waals surface area contributed by atoms with Gasteiger partial charge in [0.25, 0.3) is 0 Å². The molecule has 1 saturated carbocycles. The normalized spacial score (nSPS) is 17.2. The highest BCUT2D eigenvalue weighted by Gasteiger charge is 2.14. The molecule has 96 valence electrons. The highest BCUT2D eigenvalue weighted by molar-refractivity contribution is 7.18. The highest BCUT2D eigenvalue weighted by atomic mass is 32.1. The summed E-state index contributed by atoms with van der Waals surface area (Å²) in [5.74, 6) is 1.84. The fraction of sp³-hybridized carbons (Fsp3) is 0.571. The summed E-state index contributed by atoms with van der Waals surface area (Å²) in [4.78, 5) is 8.75. The lowest BCUT2D eigenvalue weighted by atomic mass is 9.89. The quantitative estimate of drug-likeness (QED) is 0.907. The molecule has 1 aliphatic rings. The van der Waals surface area contributed by atoms with Gasteiger partial charge in [0.15, 0.2) is 0 Å². The van der Waals surface area contributed by atoms with Crippen molar-refractivity contribution in [3.8, 4) is 0 Å². The van der Waals surface area contributed by atoms with Crippen molar-refractivity contribution in [1.29, 1.82) is 0 Å². The van der Waals surface area contributed by atoms with E-state index in [0.29, 0.717) is 0 Å². The van der Waals surface area contributed by atoms with Crippen molar-refractivity contribution in [2.45, 2.75) is 39.0 Å². The van der Waals surface area contributed by atoms with Crippen LogP contribution in [-0.4, -0.2) is 16.5 Å². The number of fused-ring (bicyclic) bond motifs is 1. The third kappa shape index (κ3) is 2.34. The number of nitrogens with zero attached hydrogens (tertiary/aromatic N) is 2. The van der Waals surface area contributed by atoms with Crippen LogP contribution in [0.1, 0.15) is 37.7 Å². The second-order valence-corrected chi connectivity index (χ2v) is 6.08. The van der Waals surface area contributed by atoms with E-state index < -0.39 is 0 Å². The Morgan fingerprint density at radius 1 is 1.28 bits per heavy atom. The molecule has 1 N–H and O–H groups in total. The predicted octanol–water partition coefficient (Wildman–Crippen LogP) is 3.99. The largest absolute Gasteiger partial charge is 0.369 e. The first-order chi connectivity index (χ1) is 8.84. The molecule has 18 heavy (non-hydrogen) atoms. The van der Waals surface area contributed by atoms with E-state index >= 15 is 0 Å². The fourth-order valence-electron chi connectivity index (χ4n) is 2.73. The van der Waals surface area contributed by atoms with Crippen LogP contribution in [0.3, 0.4) is 0 Å². The highest BCUT2D eigenvalue weighted by Crippen LogP contribution is 2.29. The van der Waals surface area contributed by atoms with Gasteiger partial charge in [0.05, 0.1) is 10.2 Å². The number of anilines is 1. The lowest BCUT2D eigenvalue weighted by Crippen LogP contribution is -2.17. The molecule has 0 amide bonds. The summed E-state index contributed by atoms with van der Waals surface area (Å²) in [6.45, 7) is 3.17. The molecule has 3 nitrogen and oxygen atoms in total. The molecule has 0 saturated heterocycles. The molecule has 0 aliphatic heterocycles. The van der Waals surface area contributed by atoms with E-state index in [0.717, 1.165) is 23.8 Å². The molecule has 1 aliphatic carbocycles. The lowest BCUT2D eigenvalue weighted by molar-refractivity contribution is 0.373. The van der Waals surface area contributed by atoms with Gasteiger partial charge in [-0.3, -0.25) is 0 Å². The number of nitrogens with one attached hydrogen (secondary N) is 1. The van der Waals surface area contributed by atoms with Gasteiger partial charge in [-0.2, -0.15) is 0 Å². The molecular formula is C14H19N3S. The molecule has 0 spiro atoms. The van der Waals surface area contributed by atoms with E-state index in [9.17, 15) is 0 Å². The molecular weight excluding hydrogens is 242 g/mol. The van der Waals surface area contributed by atoms with E-state index in [1.807, 2.05) is 0 Å². The Morgan fingerprint density at radius 3 is 2.94 bits per heavy atom. The van der Waals surface area contributed by atoms with Crippen LogP contribution in [0, 0.1) is 12.8 Å². The first-order valence-corrected chi connectivity index (χ1v) is 7.65.